The third kappa shape index (κ3) is 4.90. The molecule has 2 N–H and O–H groups in total. The molecule has 0 unspecified atom stereocenters. The van der Waals surface area contributed by atoms with Crippen LogP contribution < -0.4 is 5.32 Å². The van der Waals surface area contributed by atoms with Crippen molar-refractivity contribution < 1.29 is 5.32 Å². The minimum Gasteiger partial charge on any atom is -0.339 e. The molecule has 0 bridgehead atoms. The largest absolute Gasteiger partial charge is 0.339 e. The first kappa shape index (κ1) is 13.9. The first-order valence-electron chi connectivity index (χ1n) is 6.53. The van der Waals surface area contributed by atoms with E-state index in [1.807, 2.05) is 24.3 Å². The van der Waals surface area contributed by atoms with E-state index in [1.165, 1.54) is 16.7 Å². The summed E-state index contributed by atoms with van der Waals surface area (Å²) in [5, 5.41) is 3.07. The van der Waals surface area contributed by atoms with Crippen molar-refractivity contribution in [3.63, 3.8) is 0 Å². The van der Waals surface area contributed by atoms with Crippen LogP contribution in [0.25, 0.3) is 6.08 Å². The molecule has 0 heterocycles. The molecule has 2 aromatic rings. The van der Waals surface area contributed by atoms with Gasteiger partial charge in [0.1, 0.15) is 6.54 Å². The SMILES string of the molecule is Cc1ccc(C[NH2+]C/C=C/c2ccc(Cl)cc2)cc1. The topological polar surface area (TPSA) is 16.6 Å². The smallest absolute Gasteiger partial charge is 0.101 e. The van der Waals surface area contributed by atoms with E-state index in [2.05, 4.69) is 48.7 Å². The van der Waals surface area contributed by atoms with Gasteiger partial charge in [0, 0.05) is 10.6 Å². The van der Waals surface area contributed by atoms with Gasteiger partial charge in [-0.25, -0.2) is 0 Å². The highest BCUT2D eigenvalue weighted by Gasteiger charge is 1.93. The normalized spacial score (nSPS) is 11.1. The highest BCUT2D eigenvalue weighted by molar-refractivity contribution is 6.30. The predicted molar refractivity (Wildman–Crippen MR) is 82.2 cm³/mol. The number of nitrogens with two attached hydrogens (primary N) is 1. The molecule has 0 saturated carbocycles. The van der Waals surface area contributed by atoms with Crippen LogP contribution in [-0.4, -0.2) is 6.54 Å². The molecule has 0 aliphatic carbocycles. The Balaban J connectivity index is 1.74. The Bertz CT molecular complexity index is 526. The van der Waals surface area contributed by atoms with Gasteiger partial charge in [-0.05, 0) is 30.7 Å². The van der Waals surface area contributed by atoms with Gasteiger partial charge in [-0.2, -0.15) is 0 Å². The standard InChI is InChI=1S/C17H18ClN/c1-14-4-6-16(7-5-14)13-19-12-2-3-15-8-10-17(18)11-9-15/h2-11,19H,12-13H2,1H3/p+1/b3-2+. The minimum absolute atomic E-state index is 0.781. The lowest BCUT2D eigenvalue weighted by molar-refractivity contribution is -0.661. The van der Waals surface area contributed by atoms with Crippen molar-refractivity contribution in [3.05, 3.63) is 76.3 Å². The van der Waals surface area contributed by atoms with Gasteiger partial charge in [0.2, 0.25) is 0 Å². The summed E-state index contributed by atoms with van der Waals surface area (Å²) in [5.41, 5.74) is 3.87. The van der Waals surface area contributed by atoms with Crippen LogP contribution in [0, 0.1) is 6.92 Å². The summed E-state index contributed by atoms with van der Waals surface area (Å²) >= 11 is 5.84. The average molecular weight is 273 g/mol. The summed E-state index contributed by atoms with van der Waals surface area (Å²) in [5.74, 6) is 0. The molecule has 19 heavy (non-hydrogen) atoms. The Morgan fingerprint density at radius 3 is 2.37 bits per heavy atom. The van der Waals surface area contributed by atoms with Crippen LogP contribution in [0.5, 0.6) is 0 Å². The summed E-state index contributed by atoms with van der Waals surface area (Å²) < 4.78 is 0. The maximum absolute atomic E-state index is 5.84. The van der Waals surface area contributed by atoms with E-state index in [0.717, 1.165) is 18.1 Å². The monoisotopic (exact) mass is 272 g/mol. The maximum atomic E-state index is 5.84. The third-order valence-corrected chi connectivity index (χ3v) is 3.24. The summed E-state index contributed by atoms with van der Waals surface area (Å²) in [6.07, 6.45) is 4.30. The fourth-order valence-corrected chi connectivity index (χ4v) is 1.97. The molecule has 0 aromatic heterocycles. The number of hydrogen-bond acceptors (Lipinski definition) is 0. The molecule has 0 aliphatic heterocycles. The molecule has 2 heteroatoms. The van der Waals surface area contributed by atoms with Crippen molar-refractivity contribution in [1.29, 1.82) is 0 Å². The van der Waals surface area contributed by atoms with E-state index in [4.69, 9.17) is 11.6 Å². The van der Waals surface area contributed by atoms with Crippen molar-refractivity contribution in [1.82, 2.24) is 0 Å². The molecule has 0 aliphatic rings. The molecule has 0 spiro atoms. The van der Waals surface area contributed by atoms with Crippen LogP contribution in [0.3, 0.4) is 0 Å². The van der Waals surface area contributed by atoms with Crippen LogP contribution in [0.15, 0.2) is 54.6 Å². The van der Waals surface area contributed by atoms with Gasteiger partial charge in [-0.3, -0.25) is 0 Å². The van der Waals surface area contributed by atoms with Crippen LogP contribution in [-0.2, 0) is 6.54 Å². The van der Waals surface area contributed by atoms with Crippen molar-refractivity contribution in [2.45, 2.75) is 13.5 Å². The van der Waals surface area contributed by atoms with Gasteiger partial charge < -0.3 is 5.32 Å². The van der Waals surface area contributed by atoms with Gasteiger partial charge in [0.15, 0.2) is 0 Å². The number of benzene rings is 2. The lowest BCUT2D eigenvalue weighted by Gasteiger charge is -2.00. The molecular formula is C17H19ClN+. The lowest BCUT2D eigenvalue weighted by Crippen LogP contribution is -2.82. The predicted octanol–water partition coefficient (Wildman–Crippen LogP) is 3.43. The Morgan fingerprint density at radius 1 is 1.00 bits per heavy atom. The van der Waals surface area contributed by atoms with E-state index in [0.29, 0.717) is 0 Å². The fraction of sp³-hybridized carbons (Fsp3) is 0.176. The highest BCUT2D eigenvalue weighted by Crippen LogP contribution is 2.10. The van der Waals surface area contributed by atoms with E-state index in [1.54, 1.807) is 0 Å². The summed E-state index contributed by atoms with van der Waals surface area (Å²) in [6.45, 7) is 4.12. The zero-order valence-electron chi connectivity index (χ0n) is 11.1. The van der Waals surface area contributed by atoms with Gasteiger partial charge in [-0.15, -0.1) is 0 Å². The van der Waals surface area contributed by atoms with E-state index in [-0.39, 0.29) is 0 Å². The Kier molecular flexibility index (Phi) is 5.20. The van der Waals surface area contributed by atoms with Gasteiger partial charge >= 0.3 is 0 Å². The summed E-state index contributed by atoms with van der Waals surface area (Å²) in [4.78, 5) is 0. The number of halogens is 1. The molecule has 0 saturated heterocycles. The molecule has 0 radical (unpaired) electrons. The van der Waals surface area contributed by atoms with Crippen molar-refractivity contribution in [2.24, 2.45) is 0 Å². The third-order valence-electron chi connectivity index (χ3n) is 2.98. The molecule has 0 amide bonds. The molecule has 2 rings (SSSR count). The molecule has 1 nitrogen and oxygen atoms in total. The Hall–Kier alpha value is -1.57. The number of quaternary nitrogens is 1. The zero-order chi connectivity index (χ0) is 13.5. The van der Waals surface area contributed by atoms with Gasteiger partial charge in [0.05, 0.1) is 6.54 Å². The summed E-state index contributed by atoms with van der Waals surface area (Å²) in [7, 11) is 0. The fourth-order valence-electron chi connectivity index (χ4n) is 1.85. The maximum Gasteiger partial charge on any atom is 0.101 e. The average Bonchev–Trinajstić information content (AvgIpc) is 2.43. The number of hydrogen-bond donors (Lipinski definition) is 1. The van der Waals surface area contributed by atoms with Crippen molar-refractivity contribution in [2.75, 3.05) is 6.54 Å². The quantitative estimate of drug-likeness (QED) is 0.803. The number of aryl methyl sites for hydroxylation is 1. The Labute approximate surface area is 119 Å². The molecular weight excluding hydrogens is 254 g/mol. The molecule has 2 aromatic carbocycles. The van der Waals surface area contributed by atoms with Gasteiger partial charge in [0.25, 0.3) is 0 Å². The van der Waals surface area contributed by atoms with Crippen LogP contribution in [0.2, 0.25) is 5.02 Å². The van der Waals surface area contributed by atoms with Crippen LogP contribution >= 0.6 is 11.6 Å². The number of rotatable bonds is 5. The molecule has 0 atom stereocenters. The second-order valence-electron chi connectivity index (χ2n) is 4.67. The Morgan fingerprint density at radius 2 is 1.68 bits per heavy atom. The van der Waals surface area contributed by atoms with E-state index < -0.39 is 0 Å². The summed E-state index contributed by atoms with van der Waals surface area (Å²) in [6, 6.07) is 16.6. The molecule has 98 valence electrons. The van der Waals surface area contributed by atoms with E-state index in [9.17, 15) is 0 Å². The first-order valence-corrected chi connectivity index (χ1v) is 6.91. The minimum atomic E-state index is 0.781. The second-order valence-corrected chi connectivity index (χ2v) is 5.10. The van der Waals surface area contributed by atoms with Crippen LogP contribution in [0.4, 0.5) is 0 Å². The molecule has 0 fully saturated rings. The zero-order valence-corrected chi connectivity index (χ0v) is 11.9. The van der Waals surface area contributed by atoms with Crippen molar-refractivity contribution >= 4 is 17.7 Å². The van der Waals surface area contributed by atoms with Gasteiger partial charge in [-0.1, -0.05) is 59.6 Å². The lowest BCUT2D eigenvalue weighted by atomic mass is 10.1. The van der Waals surface area contributed by atoms with Crippen LogP contribution in [0.1, 0.15) is 16.7 Å². The highest BCUT2D eigenvalue weighted by atomic mass is 35.5. The first-order chi connectivity index (χ1) is 9.24. The van der Waals surface area contributed by atoms with Crippen molar-refractivity contribution in [3.8, 4) is 0 Å². The van der Waals surface area contributed by atoms with E-state index >= 15 is 0 Å². The second kappa shape index (κ2) is 7.13.